The first-order valence-electron chi connectivity index (χ1n) is 6.80. The van der Waals surface area contributed by atoms with Crippen LogP contribution < -0.4 is 10.1 Å². The van der Waals surface area contributed by atoms with E-state index in [1.54, 1.807) is 6.07 Å². The van der Waals surface area contributed by atoms with Crippen LogP contribution in [0.4, 0.5) is 4.39 Å². The highest BCUT2D eigenvalue weighted by Gasteiger charge is 2.17. The lowest BCUT2D eigenvalue weighted by Gasteiger charge is -2.21. The number of hydrogen-bond acceptors (Lipinski definition) is 2. The second kappa shape index (κ2) is 6.53. The quantitative estimate of drug-likeness (QED) is 0.879. The predicted octanol–water partition coefficient (Wildman–Crippen LogP) is 4.25. The zero-order chi connectivity index (χ0) is 14.5. The maximum Gasteiger partial charge on any atom is 0.165 e. The first-order valence-corrected chi connectivity index (χ1v) is 6.80. The molecule has 2 unspecified atom stereocenters. The summed E-state index contributed by atoms with van der Waals surface area (Å²) in [6.07, 6.45) is -0.198. The summed E-state index contributed by atoms with van der Waals surface area (Å²) in [4.78, 5) is 0. The lowest BCUT2D eigenvalue weighted by Crippen LogP contribution is -2.15. The Morgan fingerprint density at radius 3 is 2.35 bits per heavy atom. The molecule has 0 bridgehead atoms. The third-order valence-corrected chi connectivity index (χ3v) is 3.46. The number of benzene rings is 2. The van der Waals surface area contributed by atoms with Crippen LogP contribution in [-0.2, 0) is 0 Å². The number of rotatable bonds is 5. The smallest absolute Gasteiger partial charge is 0.165 e. The topological polar surface area (TPSA) is 21.3 Å². The van der Waals surface area contributed by atoms with Gasteiger partial charge in [-0.2, -0.15) is 0 Å². The van der Waals surface area contributed by atoms with E-state index in [-0.39, 0.29) is 18.0 Å². The molecule has 0 fully saturated rings. The molecule has 0 radical (unpaired) electrons. The minimum atomic E-state index is -0.326. The first kappa shape index (κ1) is 14.5. The van der Waals surface area contributed by atoms with Crippen molar-refractivity contribution in [2.45, 2.75) is 26.0 Å². The molecule has 2 aromatic rings. The van der Waals surface area contributed by atoms with E-state index in [1.807, 2.05) is 57.3 Å². The van der Waals surface area contributed by atoms with Gasteiger partial charge in [-0.1, -0.05) is 42.5 Å². The molecular formula is C17H20FNO. The fourth-order valence-corrected chi connectivity index (χ4v) is 2.12. The minimum Gasteiger partial charge on any atom is -0.483 e. The zero-order valence-corrected chi connectivity index (χ0v) is 12.1. The third-order valence-electron chi connectivity index (χ3n) is 3.46. The number of halogens is 1. The molecule has 3 heteroatoms. The van der Waals surface area contributed by atoms with E-state index < -0.39 is 0 Å². The van der Waals surface area contributed by atoms with E-state index in [0.717, 1.165) is 11.1 Å². The molecule has 106 valence electrons. The van der Waals surface area contributed by atoms with Gasteiger partial charge in [-0.3, -0.25) is 0 Å². The van der Waals surface area contributed by atoms with Gasteiger partial charge in [-0.05, 0) is 32.5 Å². The molecule has 2 nitrogen and oxygen atoms in total. The maximum atomic E-state index is 14.1. The summed E-state index contributed by atoms with van der Waals surface area (Å²) in [6.45, 7) is 3.91. The fraction of sp³-hybridized carbons (Fsp3) is 0.294. The van der Waals surface area contributed by atoms with E-state index >= 15 is 0 Å². The van der Waals surface area contributed by atoms with Crippen LogP contribution in [0.5, 0.6) is 5.75 Å². The van der Waals surface area contributed by atoms with E-state index in [9.17, 15) is 4.39 Å². The molecule has 0 aliphatic heterocycles. The predicted molar refractivity (Wildman–Crippen MR) is 79.4 cm³/mol. The SMILES string of the molecule is CNC(C)c1cccc(F)c1OC(C)c1ccccc1. The van der Waals surface area contributed by atoms with E-state index in [4.69, 9.17) is 4.74 Å². The molecule has 2 atom stereocenters. The minimum absolute atomic E-state index is 0.0312. The van der Waals surface area contributed by atoms with Crippen molar-refractivity contribution in [3.05, 3.63) is 65.5 Å². The largest absolute Gasteiger partial charge is 0.483 e. The van der Waals surface area contributed by atoms with E-state index in [1.165, 1.54) is 6.07 Å². The lowest BCUT2D eigenvalue weighted by atomic mass is 10.1. The van der Waals surface area contributed by atoms with Gasteiger partial charge in [0.05, 0.1) is 0 Å². The number of ether oxygens (including phenoxy) is 1. The van der Waals surface area contributed by atoms with Crippen LogP contribution in [0.3, 0.4) is 0 Å². The van der Waals surface area contributed by atoms with Crippen molar-refractivity contribution in [1.29, 1.82) is 0 Å². The highest BCUT2D eigenvalue weighted by atomic mass is 19.1. The monoisotopic (exact) mass is 273 g/mol. The molecule has 0 aromatic heterocycles. The molecule has 0 saturated carbocycles. The Bertz CT molecular complexity index is 556. The second-order valence-corrected chi connectivity index (χ2v) is 4.84. The van der Waals surface area contributed by atoms with Gasteiger partial charge in [-0.15, -0.1) is 0 Å². The normalized spacial score (nSPS) is 13.8. The second-order valence-electron chi connectivity index (χ2n) is 4.84. The molecule has 20 heavy (non-hydrogen) atoms. The molecule has 1 N–H and O–H groups in total. The summed E-state index contributed by atoms with van der Waals surface area (Å²) in [5.74, 6) is -0.00177. The van der Waals surface area contributed by atoms with Gasteiger partial charge < -0.3 is 10.1 Å². The summed E-state index contributed by atoms with van der Waals surface area (Å²) in [5.41, 5.74) is 1.86. The summed E-state index contributed by atoms with van der Waals surface area (Å²) in [7, 11) is 1.85. The van der Waals surface area contributed by atoms with Crippen LogP contribution in [0.25, 0.3) is 0 Å². The van der Waals surface area contributed by atoms with Gasteiger partial charge in [0.25, 0.3) is 0 Å². The highest BCUT2D eigenvalue weighted by molar-refractivity contribution is 5.37. The van der Waals surface area contributed by atoms with Crippen molar-refractivity contribution in [3.63, 3.8) is 0 Å². The number of hydrogen-bond donors (Lipinski definition) is 1. The van der Waals surface area contributed by atoms with Crippen molar-refractivity contribution >= 4 is 0 Å². The Morgan fingerprint density at radius 2 is 1.70 bits per heavy atom. The Balaban J connectivity index is 2.29. The summed E-state index contributed by atoms with van der Waals surface area (Å²) in [5, 5.41) is 3.12. The van der Waals surface area contributed by atoms with Gasteiger partial charge in [-0.25, -0.2) is 4.39 Å². The molecule has 2 aromatic carbocycles. The van der Waals surface area contributed by atoms with E-state index in [0.29, 0.717) is 5.75 Å². The molecule has 0 amide bonds. The van der Waals surface area contributed by atoms with Gasteiger partial charge in [0.1, 0.15) is 6.10 Å². The fourth-order valence-electron chi connectivity index (χ4n) is 2.12. The average molecular weight is 273 g/mol. The highest BCUT2D eigenvalue weighted by Crippen LogP contribution is 2.31. The summed E-state index contributed by atoms with van der Waals surface area (Å²) in [6, 6.07) is 14.9. The van der Waals surface area contributed by atoms with Crippen molar-refractivity contribution < 1.29 is 9.13 Å². The number of para-hydroxylation sites is 1. The van der Waals surface area contributed by atoms with Gasteiger partial charge >= 0.3 is 0 Å². The number of nitrogens with one attached hydrogen (secondary N) is 1. The molecule has 0 saturated heterocycles. The van der Waals surface area contributed by atoms with Crippen LogP contribution in [-0.4, -0.2) is 7.05 Å². The van der Waals surface area contributed by atoms with Crippen molar-refractivity contribution in [1.82, 2.24) is 5.32 Å². The van der Waals surface area contributed by atoms with Crippen LogP contribution in [0, 0.1) is 5.82 Å². The summed E-state index contributed by atoms with van der Waals surface area (Å²) >= 11 is 0. The molecule has 0 heterocycles. The molecule has 2 rings (SSSR count). The van der Waals surface area contributed by atoms with Crippen LogP contribution in [0.1, 0.15) is 37.1 Å². The maximum absolute atomic E-state index is 14.1. The molecule has 0 aliphatic carbocycles. The average Bonchev–Trinajstić information content (AvgIpc) is 2.49. The van der Waals surface area contributed by atoms with Crippen LogP contribution >= 0.6 is 0 Å². The molecular weight excluding hydrogens is 253 g/mol. The van der Waals surface area contributed by atoms with Gasteiger partial charge in [0, 0.05) is 11.6 Å². The molecule has 0 aliphatic rings. The van der Waals surface area contributed by atoms with Crippen molar-refractivity contribution in [3.8, 4) is 5.75 Å². The third kappa shape index (κ3) is 3.17. The van der Waals surface area contributed by atoms with Crippen molar-refractivity contribution in [2.24, 2.45) is 0 Å². The zero-order valence-electron chi connectivity index (χ0n) is 12.1. The first-order chi connectivity index (χ1) is 9.63. The van der Waals surface area contributed by atoms with Gasteiger partial charge in [0.2, 0.25) is 0 Å². The Kier molecular flexibility index (Phi) is 4.74. The summed E-state index contributed by atoms with van der Waals surface area (Å²) < 4.78 is 19.9. The Labute approximate surface area is 119 Å². The van der Waals surface area contributed by atoms with E-state index in [2.05, 4.69) is 5.32 Å². The van der Waals surface area contributed by atoms with Crippen LogP contribution in [0.15, 0.2) is 48.5 Å². The lowest BCUT2D eigenvalue weighted by molar-refractivity contribution is 0.212. The van der Waals surface area contributed by atoms with Crippen LogP contribution in [0.2, 0.25) is 0 Å². The standard InChI is InChI=1S/C17H20FNO/c1-12(19-3)15-10-7-11-16(18)17(15)20-13(2)14-8-5-4-6-9-14/h4-13,19H,1-3H3. The Morgan fingerprint density at radius 1 is 1.00 bits per heavy atom. The van der Waals surface area contributed by atoms with Gasteiger partial charge in [0.15, 0.2) is 11.6 Å². The Hall–Kier alpha value is -1.87. The van der Waals surface area contributed by atoms with Crippen molar-refractivity contribution in [2.75, 3.05) is 7.05 Å². The molecule has 0 spiro atoms.